The van der Waals surface area contributed by atoms with E-state index in [1.165, 1.54) is 0 Å². The Morgan fingerprint density at radius 2 is 0.941 bits per heavy atom. The van der Waals surface area contributed by atoms with Crippen molar-refractivity contribution in [3.8, 4) is 0 Å². The molecule has 0 spiro atoms. The van der Waals surface area contributed by atoms with Crippen LogP contribution in [0.5, 0.6) is 0 Å². The van der Waals surface area contributed by atoms with Crippen molar-refractivity contribution in [3.63, 3.8) is 0 Å². The molecule has 7 heteroatoms. The number of hydrogen-bond acceptors (Lipinski definition) is 4. The van der Waals surface area contributed by atoms with E-state index in [1.54, 1.807) is 0 Å². The zero-order valence-electron chi connectivity index (χ0n) is 23.5. The Morgan fingerprint density at radius 3 is 1.15 bits per heavy atom. The summed E-state index contributed by atoms with van der Waals surface area (Å²) in [6.07, 6.45) is 1.94. The summed E-state index contributed by atoms with van der Waals surface area (Å²) in [7, 11) is -3.26. The molecule has 2 heterocycles. The molecule has 2 atom stereocenters. The van der Waals surface area contributed by atoms with Gasteiger partial charge in [0.2, 0.25) is 0 Å². The standard InChI is InChI=1S/2C13H24NO.CH2.2BrH.Ni/c2*1-9(2)7-12-13(10(3)4,11(5)6)15-8-14-12;;;;/h2*9-12H,7H2,1-6H3;1H2;2*1H;/q;;;;;+2/p-2/t2*12-;;;;/m11..../s1. The monoisotopic (exact) mass is 650 g/mol. The van der Waals surface area contributed by atoms with E-state index in [2.05, 4.69) is 112 Å². The van der Waals surface area contributed by atoms with Gasteiger partial charge in [0, 0.05) is 0 Å². The number of halogens is 2. The molecule has 2 aliphatic rings. The van der Waals surface area contributed by atoms with E-state index in [9.17, 15) is 0 Å². The van der Waals surface area contributed by atoms with Gasteiger partial charge in [0.05, 0.1) is 0 Å². The maximum absolute atomic E-state index is 6.96. The van der Waals surface area contributed by atoms with Crippen LogP contribution >= 0.6 is 28.5 Å². The topological polar surface area (TPSA) is 43.2 Å². The van der Waals surface area contributed by atoms with Crippen molar-refractivity contribution >= 4 is 43.7 Å². The molecule has 0 unspecified atom stereocenters. The van der Waals surface area contributed by atoms with Gasteiger partial charge in [0.25, 0.3) is 0 Å². The van der Waals surface area contributed by atoms with Crippen LogP contribution in [0.1, 0.15) is 95.9 Å². The van der Waals surface area contributed by atoms with Gasteiger partial charge in [-0.2, -0.15) is 0 Å². The zero-order valence-corrected chi connectivity index (χ0v) is 27.7. The van der Waals surface area contributed by atoms with Crippen LogP contribution in [0, 0.1) is 35.5 Å². The first-order chi connectivity index (χ1) is 15.3. The third-order valence-corrected chi connectivity index (χ3v) is 13.2. The van der Waals surface area contributed by atoms with Crippen molar-refractivity contribution in [2.45, 2.75) is 119 Å². The van der Waals surface area contributed by atoms with E-state index in [0.29, 0.717) is 45.2 Å². The summed E-state index contributed by atoms with van der Waals surface area (Å²) in [6.45, 7) is 27.0. The van der Waals surface area contributed by atoms with Gasteiger partial charge in [-0.25, -0.2) is 0 Å². The summed E-state index contributed by atoms with van der Waals surface area (Å²) in [4.78, 5) is 11.8. The summed E-state index contributed by atoms with van der Waals surface area (Å²) < 4.78 is 13.9. The summed E-state index contributed by atoms with van der Waals surface area (Å²) in [5.74, 6) is 2.22. The Bertz CT molecular complexity index is 788. The van der Waals surface area contributed by atoms with Crippen molar-refractivity contribution in [3.05, 3.63) is 0 Å². The minimum absolute atomic E-state index is 0.0607. The van der Waals surface area contributed by atoms with Gasteiger partial charge in [-0.15, -0.1) is 0 Å². The summed E-state index contributed by atoms with van der Waals surface area (Å²) in [5.41, 5.74) is 3.93. The summed E-state index contributed by atoms with van der Waals surface area (Å²) in [6, 6.07) is 0.121. The van der Waals surface area contributed by atoms with Crippen LogP contribution in [0.3, 0.4) is 0 Å². The Balaban J connectivity index is 2.65. The molecule has 0 saturated heterocycles. The first-order valence-electron chi connectivity index (χ1n) is 12.9. The van der Waals surface area contributed by atoms with Gasteiger partial charge < -0.3 is 0 Å². The average molecular weight is 653 g/mol. The molecule has 2 rings (SSSR count). The fourth-order valence-corrected chi connectivity index (χ4v) is 9.59. The second kappa shape index (κ2) is 10.2. The van der Waals surface area contributed by atoms with Crippen LogP contribution < -0.4 is 0 Å². The molecule has 4 nitrogen and oxygen atoms in total. The molecule has 0 saturated carbocycles. The predicted molar refractivity (Wildman–Crippen MR) is 153 cm³/mol. The van der Waals surface area contributed by atoms with Crippen molar-refractivity contribution in [2.75, 3.05) is 0 Å². The first-order valence-corrected chi connectivity index (χ1v) is 19.4. The number of hydrogen-bond donors (Lipinski definition) is 0. The van der Waals surface area contributed by atoms with E-state index >= 15 is 0 Å². The van der Waals surface area contributed by atoms with Crippen molar-refractivity contribution < 1.29 is 16.9 Å². The van der Waals surface area contributed by atoms with Crippen LogP contribution in [0.15, 0.2) is 9.98 Å². The van der Waals surface area contributed by atoms with Crippen LogP contribution in [0.4, 0.5) is 0 Å². The molecule has 0 radical (unpaired) electrons. The quantitative estimate of drug-likeness (QED) is 0.222. The second-order valence-corrected chi connectivity index (χ2v) is 27.4. The van der Waals surface area contributed by atoms with E-state index in [-0.39, 0.29) is 23.3 Å². The van der Waals surface area contributed by atoms with Crippen LogP contribution in [0.25, 0.3) is 0 Å². The maximum atomic E-state index is 6.96. The SMILES string of the molecule is [CH2]=[Ni]([Br])([Br])([C]1=N[C@H](CC(C)C)C(C(C)C)(C(C)C)O1)[C]1=N[C@H](CC(C)C)C(C(C)C)(C(C)C)O1. The first kappa shape index (κ1) is 30.5. The van der Waals surface area contributed by atoms with Gasteiger partial charge >= 0.3 is 225 Å². The molecule has 0 aromatic rings. The van der Waals surface area contributed by atoms with Crippen molar-refractivity contribution in [1.29, 1.82) is 0 Å². The Morgan fingerprint density at radius 1 is 0.676 bits per heavy atom. The number of ether oxygens (including phenoxy) is 2. The van der Waals surface area contributed by atoms with Crippen LogP contribution in [0.2, 0.25) is 0 Å². The van der Waals surface area contributed by atoms with Gasteiger partial charge in [-0.3, -0.25) is 0 Å². The Hall–Kier alpha value is 0.264. The predicted octanol–water partition coefficient (Wildman–Crippen LogP) is 8.43. The van der Waals surface area contributed by atoms with Crippen molar-refractivity contribution in [1.82, 2.24) is 0 Å². The molecule has 34 heavy (non-hydrogen) atoms. The van der Waals surface area contributed by atoms with Crippen molar-refractivity contribution in [2.24, 2.45) is 45.5 Å². The summed E-state index contributed by atoms with van der Waals surface area (Å²) in [5, 5.41) is 0. The normalized spacial score (nSPS) is 25.7. The van der Waals surface area contributed by atoms with E-state index in [1.807, 2.05) is 0 Å². The van der Waals surface area contributed by atoms with Crippen LogP contribution in [-0.4, -0.2) is 38.5 Å². The molecule has 0 bridgehead atoms. The fourth-order valence-electron chi connectivity index (χ4n) is 5.94. The molecule has 204 valence electrons. The Kier molecular flexibility index (Phi) is 9.15. The Labute approximate surface area is 224 Å². The number of aliphatic imine (C=N–C) groups is 2. The molecule has 0 fully saturated rings. The third kappa shape index (κ3) is 5.15. The van der Waals surface area contributed by atoms with E-state index in [4.69, 9.17) is 25.0 Å². The minimum atomic E-state index is -3.26. The molecular weight excluding hydrogens is 603 g/mol. The molecule has 0 aromatic carbocycles. The molecule has 2 aliphatic heterocycles. The van der Waals surface area contributed by atoms with E-state index < -0.39 is 7.39 Å². The summed E-state index contributed by atoms with van der Waals surface area (Å²) >= 11 is 8.08. The average Bonchev–Trinajstić information content (AvgIpc) is 3.22. The van der Waals surface area contributed by atoms with Gasteiger partial charge in [-0.1, -0.05) is 0 Å². The second-order valence-electron chi connectivity index (χ2n) is 12.3. The van der Waals surface area contributed by atoms with Crippen LogP contribution in [-0.2, 0) is 16.9 Å². The van der Waals surface area contributed by atoms with Gasteiger partial charge in [0.15, 0.2) is 0 Å². The molecule has 0 N–H and O–H groups in total. The van der Waals surface area contributed by atoms with Gasteiger partial charge in [-0.05, 0) is 0 Å². The third-order valence-electron chi connectivity index (χ3n) is 7.58. The molecule has 0 aromatic heterocycles. The van der Waals surface area contributed by atoms with Gasteiger partial charge in [0.1, 0.15) is 0 Å². The number of nitrogens with zero attached hydrogens (tertiary/aromatic N) is 2. The zero-order chi connectivity index (χ0) is 26.5. The van der Waals surface area contributed by atoms with E-state index in [0.717, 1.165) is 12.8 Å². The molecule has 0 aliphatic carbocycles. The molecular formula is C27H50Br2N2NiO2. The number of rotatable bonds is 10. The fraction of sp³-hybridized carbons (Fsp3) is 0.889. The molecule has 0 amide bonds.